The third kappa shape index (κ3) is 8.25. The summed E-state index contributed by atoms with van der Waals surface area (Å²) in [6, 6.07) is 4.86. The van der Waals surface area contributed by atoms with Crippen molar-refractivity contribution in [1.29, 1.82) is 0 Å². The Labute approximate surface area is 201 Å². The number of aromatic nitrogens is 4. The molecule has 0 aliphatic heterocycles. The van der Waals surface area contributed by atoms with Gasteiger partial charge in [0, 0.05) is 17.7 Å². The summed E-state index contributed by atoms with van der Waals surface area (Å²) in [7, 11) is 0. The van der Waals surface area contributed by atoms with Gasteiger partial charge in [0.2, 0.25) is 5.95 Å². The standard InChI is InChI=1S/C19H19N7O6.CH3NO2/c20-19-25-15-14(17(30)26-19)23-11(8-22-15)7-21-10-3-1-9(2-4-10)16(29)24-12(18(31)32)5-6-13(27)28;2-1(3)4/h1-4,8,12,21H,5-7H2,(H,24,29)(H,27,28)(H,31,32)(H3,20,22,25,26,30);2H2,(H,3,4). The van der Waals surface area contributed by atoms with E-state index in [9.17, 15) is 19.2 Å². The van der Waals surface area contributed by atoms with Gasteiger partial charge in [-0.05, 0) is 30.7 Å². The topological polar surface area (TPSA) is 277 Å². The van der Waals surface area contributed by atoms with Gasteiger partial charge in [0.15, 0.2) is 11.2 Å². The highest BCUT2D eigenvalue weighted by atomic mass is 16.4. The van der Waals surface area contributed by atoms with Crippen molar-refractivity contribution in [3.63, 3.8) is 0 Å². The molecule has 2 aromatic heterocycles. The number of nitrogen functional groups attached to an aromatic ring is 1. The largest absolute Gasteiger partial charge is 0.481 e. The number of carbonyl (C=O) groups excluding carboxylic acids is 1. The number of nitrogens with zero attached hydrogens (tertiary/aromatic N) is 3. The zero-order valence-electron chi connectivity index (χ0n) is 18.5. The van der Waals surface area contributed by atoms with Crippen LogP contribution in [0.15, 0.2) is 35.3 Å². The Morgan fingerprint density at radius 1 is 1.06 bits per heavy atom. The normalized spacial score (nSPS) is 11.0. The summed E-state index contributed by atoms with van der Waals surface area (Å²) >= 11 is 0. The number of nitrogens with one attached hydrogen (secondary N) is 3. The third-order valence-corrected chi connectivity index (χ3v) is 4.36. The number of rotatable bonds is 9. The molecule has 1 unspecified atom stereocenters. The van der Waals surface area contributed by atoms with Gasteiger partial charge in [-0.25, -0.2) is 19.6 Å². The lowest BCUT2D eigenvalue weighted by atomic mass is 10.1. The molecule has 16 heteroatoms. The highest BCUT2D eigenvalue weighted by molar-refractivity contribution is 5.96. The van der Waals surface area contributed by atoms with Crippen LogP contribution in [0.1, 0.15) is 28.9 Å². The number of anilines is 2. The molecule has 3 aromatic rings. The van der Waals surface area contributed by atoms with Crippen LogP contribution in [0.4, 0.5) is 16.4 Å². The highest BCUT2D eigenvalue weighted by Crippen LogP contribution is 2.12. The minimum atomic E-state index is -1.33. The number of H-pyrrole nitrogens is 1. The number of fused-ring (bicyclic) bond motifs is 1. The monoisotopic (exact) mass is 502 g/mol. The lowest BCUT2D eigenvalue weighted by Gasteiger charge is -2.14. The van der Waals surface area contributed by atoms with Crippen LogP contribution in [0.25, 0.3) is 11.2 Å². The summed E-state index contributed by atoms with van der Waals surface area (Å²) < 4.78 is 0. The number of aliphatic carboxylic acids is 2. The average molecular weight is 502 g/mol. The van der Waals surface area contributed by atoms with Crippen molar-refractivity contribution in [2.24, 2.45) is 5.73 Å². The fourth-order valence-corrected chi connectivity index (χ4v) is 2.75. The average Bonchev–Trinajstić information content (AvgIpc) is 2.80. The van der Waals surface area contributed by atoms with Crippen LogP contribution in [-0.4, -0.2) is 65.2 Å². The number of hydrogen-bond acceptors (Lipinski definition) is 10. The van der Waals surface area contributed by atoms with E-state index in [-0.39, 0.29) is 42.1 Å². The SMILES string of the molecule is NC(=O)O.Nc1nc2ncc(CNc3ccc(C(=O)NC(CCC(=O)O)C(=O)O)cc3)nc2c(=O)[nH]1. The Morgan fingerprint density at radius 2 is 1.69 bits per heavy atom. The van der Waals surface area contributed by atoms with Gasteiger partial charge in [0.25, 0.3) is 11.5 Å². The number of carboxylic acids is 2. The van der Waals surface area contributed by atoms with E-state index >= 15 is 0 Å². The third-order valence-electron chi connectivity index (χ3n) is 4.36. The van der Waals surface area contributed by atoms with Crippen LogP contribution in [0, 0.1) is 0 Å². The second-order valence-electron chi connectivity index (χ2n) is 7.05. The number of carboxylic acid groups (broad SMARTS) is 3. The van der Waals surface area contributed by atoms with Crippen molar-refractivity contribution in [2.45, 2.75) is 25.4 Å². The summed E-state index contributed by atoms with van der Waals surface area (Å²) in [5.41, 5.74) is 10.5. The zero-order valence-corrected chi connectivity index (χ0v) is 18.5. The lowest BCUT2D eigenvalue weighted by molar-refractivity contribution is -0.140. The smallest absolute Gasteiger partial charge is 0.402 e. The highest BCUT2D eigenvalue weighted by Gasteiger charge is 2.21. The molecule has 0 bridgehead atoms. The number of primary amides is 1. The van der Waals surface area contributed by atoms with E-state index in [4.69, 9.17) is 25.8 Å². The molecule has 36 heavy (non-hydrogen) atoms. The number of amides is 2. The van der Waals surface area contributed by atoms with Crippen molar-refractivity contribution in [3.05, 3.63) is 52.1 Å². The van der Waals surface area contributed by atoms with E-state index in [0.717, 1.165) is 0 Å². The molecule has 190 valence electrons. The van der Waals surface area contributed by atoms with Gasteiger partial charge in [-0.15, -0.1) is 0 Å². The van der Waals surface area contributed by atoms with Gasteiger partial charge in [-0.3, -0.25) is 19.4 Å². The Hall–Kier alpha value is -5.28. The van der Waals surface area contributed by atoms with Crippen LogP contribution >= 0.6 is 0 Å². The van der Waals surface area contributed by atoms with Crippen LogP contribution < -0.4 is 27.7 Å². The number of aromatic amines is 1. The number of hydrogen-bond donors (Lipinski definition) is 8. The van der Waals surface area contributed by atoms with Crippen molar-refractivity contribution in [3.8, 4) is 0 Å². The molecule has 2 heterocycles. The van der Waals surface area contributed by atoms with Crippen molar-refractivity contribution >= 4 is 46.7 Å². The van der Waals surface area contributed by atoms with E-state index in [0.29, 0.717) is 11.4 Å². The van der Waals surface area contributed by atoms with Crippen molar-refractivity contribution < 1.29 is 34.5 Å². The van der Waals surface area contributed by atoms with E-state index in [1.165, 1.54) is 18.3 Å². The molecule has 1 atom stereocenters. The fraction of sp³-hybridized carbons (Fsp3) is 0.200. The van der Waals surface area contributed by atoms with Crippen molar-refractivity contribution in [2.75, 3.05) is 11.1 Å². The van der Waals surface area contributed by atoms with Gasteiger partial charge in [-0.1, -0.05) is 0 Å². The zero-order chi connectivity index (χ0) is 26.8. The first-order valence-electron chi connectivity index (χ1n) is 10.1. The summed E-state index contributed by atoms with van der Waals surface area (Å²) in [6.45, 7) is 0.231. The van der Waals surface area contributed by atoms with E-state index in [1.54, 1.807) is 12.1 Å². The van der Waals surface area contributed by atoms with Gasteiger partial charge < -0.3 is 37.4 Å². The molecular formula is C20H22N8O8. The van der Waals surface area contributed by atoms with Gasteiger partial charge in [0.1, 0.15) is 6.04 Å². The molecule has 0 saturated carbocycles. The molecule has 3 rings (SSSR count). The summed E-state index contributed by atoms with van der Waals surface area (Å²) in [6.07, 6.45) is -0.493. The molecule has 16 nitrogen and oxygen atoms in total. The van der Waals surface area contributed by atoms with Crippen LogP contribution in [0.5, 0.6) is 0 Å². The quantitative estimate of drug-likeness (QED) is 0.185. The Balaban J connectivity index is 0.00000106. The van der Waals surface area contributed by atoms with Crippen molar-refractivity contribution in [1.82, 2.24) is 25.3 Å². The molecular weight excluding hydrogens is 480 g/mol. The molecule has 0 aliphatic rings. The summed E-state index contributed by atoms with van der Waals surface area (Å²) in [4.78, 5) is 69.3. The molecule has 0 spiro atoms. The number of nitrogens with two attached hydrogens (primary N) is 2. The van der Waals surface area contributed by atoms with Gasteiger partial charge in [-0.2, -0.15) is 4.98 Å². The maximum atomic E-state index is 12.3. The minimum absolute atomic E-state index is 0.0524. The Morgan fingerprint density at radius 3 is 2.28 bits per heavy atom. The number of carbonyl (C=O) groups is 4. The first-order chi connectivity index (χ1) is 17.0. The molecule has 0 saturated heterocycles. The van der Waals surface area contributed by atoms with E-state index < -0.39 is 35.5 Å². The van der Waals surface area contributed by atoms with Crippen LogP contribution in [0.2, 0.25) is 0 Å². The molecule has 1 aromatic carbocycles. The second-order valence-corrected chi connectivity index (χ2v) is 7.05. The van der Waals surface area contributed by atoms with Crippen LogP contribution in [-0.2, 0) is 16.1 Å². The molecule has 0 radical (unpaired) electrons. The minimum Gasteiger partial charge on any atom is -0.481 e. The molecule has 0 aliphatic carbocycles. The predicted molar refractivity (Wildman–Crippen MR) is 124 cm³/mol. The first-order valence-corrected chi connectivity index (χ1v) is 10.1. The van der Waals surface area contributed by atoms with E-state index in [2.05, 4.69) is 36.3 Å². The Kier molecular flexibility index (Phi) is 9.18. The van der Waals surface area contributed by atoms with E-state index in [1.807, 2.05) is 0 Å². The lowest BCUT2D eigenvalue weighted by Crippen LogP contribution is -2.41. The fourth-order valence-electron chi connectivity index (χ4n) is 2.75. The molecule has 10 N–H and O–H groups in total. The summed E-state index contributed by atoms with van der Waals surface area (Å²) in [5, 5.41) is 30.4. The van der Waals surface area contributed by atoms with Crippen LogP contribution in [0.3, 0.4) is 0 Å². The maximum Gasteiger partial charge on any atom is 0.402 e. The summed E-state index contributed by atoms with van der Waals surface area (Å²) in [5.74, 6) is -3.16. The Bertz CT molecular complexity index is 1320. The molecule has 0 fully saturated rings. The predicted octanol–water partition coefficient (Wildman–Crippen LogP) is -0.422. The maximum absolute atomic E-state index is 12.3. The second kappa shape index (κ2) is 12.3. The van der Waals surface area contributed by atoms with Gasteiger partial charge in [0.05, 0.1) is 18.4 Å². The molecule has 2 amide bonds. The first kappa shape index (κ1) is 27.0. The number of benzene rings is 1. The van der Waals surface area contributed by atoms with Gasteiger partial charge >= 0.3 is 18.0 Å².